The summed E-state index contributed by atoms with van der Waals surface area (Å²) in [6.45, 7) is 5.43. The van der Waals surface area contributed by atoms with Gasteiger partial charge >= 0.3 is 12.0 Å². The van der Waals surface area contributed by atoms with Crippen molar-refractivity contribution in [3.05, 3.63) is 29.8 Å². The molecule has 2 saturated heterocycles. The molecule has 24 heavy (non-hydrogen) atoms. The van der Waals surface area contributed by atoms with Crippen molar-refractivity contribution >= 4 is 17.7 Å². The Morgan fingerprint density at radius 2 is 1.96 bits per heavy atom. The molecular formula is C19H26N2O3. The molecule has 0 N–H and O–H groups in total. The first-order valence-electron chi connectivity index (χ1n) is 8.68. The van der Waals surface area contributed by atoms with E-state index in [-0.39, 0.29) is 12.0 Å². The summed E-state index contributed by atoms with van der Waals surface area (Å²) in [5.41, 5.74) is 1.45. The summed E-state index contributed by atoms with van der Waals surface area (Å²) in [4.78, 5) is 28.3. The van der Waals surface area contributed by atoms with Crippen molar-refractivity contribution in [2.75, 3.05) is 25.1 Å². The number of urea groups is 1. The zero-order chi connectivity index (χ0) is 17.3. The molecule has 2 heterocycles. The maximum absolute atomic E-state index is 12.6. The summed E-state index contributed by atoms with van der Waals surface area (Å²) < 4.78 is 4.86. The second-order valence-corrected chi connectivity index (χ2v) is 7.45. The lowest BCUT2D eigenvalue weighted by molar-refractivity contribution is -0.150. The first kappa shape index (κ1) is 16.8. The van der Waals surface area contributed by atoms with Crippen molar-refractivity contribution in [2.24, 2.45) is 5.41 Å². The number of hydrogen-bond acceptors (Lipinski definition) is 3. The number of methoxy groups -OCH3 is 1. The SMILES string of the molecule is COC(=O)C(C)(C)Cc1ccc(N2C[C@@H]3CCCCN3C2=O)cc1. The molecule has 0 aromatic heterocycles. The summed E-state index contributed by atoms with van der Waals surface area (Å²) in [6.07, 6.45) is 4.04. The van der Waals surface area contributed by atoms with E-state index in [4.69, 9.17) is 4.74 Å². The molecule has 2 aliphatic rings. The van der Waals surface area contributed by atoms with Gasteiger partial charge in [0.1, 0.15) is 0 Å². The van der Waals surface area contributed by atoms with Gasteiger partial charge in [-0.15, -0.1) is 0 Å². The minimum Gasteiger partial charge on any atom is -0.469 e. The molecule has 0 aliphatic carbocycles. The fraction of sp³-hybridized carbons (Fsp3) is 0.579. The Morgan fingerprint density at radius 3 is 2.58 bits per heavy atom. The van der Waals surface area contributed by atoms with Crippen LogP contribution in [0.1, 0.15) is 38.7 Å². The van der Waals surface area contributed by atoms with E-state index in [9.17, 15) is 9.59 Å². The summed E-state index contributed by atoms with van der Waals surface area (Å²) in [7, 11) is 1.42. The second kappa shape index (κ2) is 6.46. The number of carbonyl (C=O) groups is 2. The van der Waals surface area contributed by atoms with E-state index in [2.05, 4.69) is 0 Å². The van der Waals surface area contributed by atoms with E-state index in [1.165, 1.54) is 13.5 Å². The van der Waals surface area contributed by atoms with Gasteiger partial charge in [0.25, 0.3) is 0 Å². The van der Waals surface area contributed by atoms with Crippen molar-refractivity contribution in [3.63, 3.8) is 0 Å². The third kappa shape index (κ3) is 3.12. The first-order chi connectivity index (χ1) is 11.4. The van der Waals surface area contributed by atoms with Crippen LogP contribution in [0.5, 0.6) is 0 Å². The van der Waals surface area contributed by atoms with E-state index in [1.807, 2.05) is 47.9 Å². The molecule has 1 aromatic carbocycles. The van der Waals surface area contributed by atoms with E-state index in [1.54, 1.807) is 0 Å². The number of fused-ring (bicyclic) bond motifs is 1. The number of piperidine rings is 1. The number of esters is 1. The molecule has 2 aliphatic heterocycles. The molecular weight excluding hydrogens is 304 g/mol. The van der Waals surface area contributed by atoms with Crippen molar-refractivity contribution in [2.45, 2.75) is 45.6 Å². The highest BCUT2D eigenvalue weighted by Gasteiger charge is 2.39. The van der Waals surface area contributed by atoms with Crippen LogP contribution in [0.3, 0.4) is 0 Å². The van der Waals surface area contributed by atoms with Gasteiger partial charge in [0.2, 0.25) is 0 Å². The molecule has 5 nitrogen and oxygen atoms in total. The van der Waals surface area contributed by atoms with Crippen molar-refractivity contribution in [3.8, 4) is 0 Å². The zero-order valence-electron chi connectivity index (χ0n) is 14.7. The largest absolute Gasteiger partial charge is 0.469 e. The normalized spacial score (nSPS) is 21.0. The number of ether oxygens (including phenoxy) is 1. The summed E-state index contributed by atoms with van der Waals surface area (Å²) in [6, 6.07) is 8.47. The maximum Gasteiger partial charge on any atom is 0.324 e. The molecule has 5 heteroatoms. The van der Waals surface area contributed by atoms with Gasteiger partial charge in [0, 0.05) is 18.8 Å². The molecule has 0 spiro atoms. The van der Waals surface area contributed by atoms with Crippen LogP contribution in [-0.4, -0.2) is 43.1 Å². The fourth-order valence-corrected chi connectivity index (χ4v) is 3.75. The molecule has 0 bridgehead atoms. The van der Waals surface area contributed by atoms with Crippen LogP contribution in [0.2, 0.25) is 0 Å². The summed E-state index contributed by atoms with van der Waals surface area (Å²) >= 11 is 0. The van der Waals surface area contributed by atoms with Gasteiger partial charge in [-0.05, 0) is 57.2 Å². The standard InChI is InChI=1S/C19H26N2O3/c1-19(2,17(22)24-3)12-14-7-9-15(10-8-14)21-13-16-6-4-5-11-20(16)18(21)23/h7-10,16H,4-6,11-13H2,1-3H3/t16-/m0/s1. The number of anilines is 1. The maximum atomic E-state index is 12.6. The Labute approximate surface area is 143 Å². The molecule has 130 valence electrons. The minimum absolute atomic E-state index is 0.127. The lowest BCUT2D eigenvalue weighted by Crippen LogP contribution is -2.38. The van der Waals surface area contributed by atoms with Crippen LogP contribution in [0.15, 0.2) is 24.3 Å². The monoisotopic (exact) mass is 330 g/mol. The van der Waals surface area contributed by atoms with E-state index in [0.717, 1.165) is 37.2 Å². The van der Waals surface area contributed by atoms with Crippen LogP contribution in [0.25, 0.3) is 0 Å². The molecule has 1 aromatic rings. The van der Waals surface area contributed by atoms with Gasteiger partial charge in [-0.2, -0.15) is 0 Å². The number of hydrogen-bond donors (Lipinski definition) is 0. The molecule has 2 fully saturated rings. The van der Waals surface area contributed by atoms with Gasteiger partial charge in [-0.25, -0.2) is 4.79 Å². The first-order valence-corrected chi connectivity index (χ1v) is 8.68. The lowest BCUT2D eigenvalue weighted by atomic mass is 9.86. The Morgan fingerprint density at radius 1 is 1.25 bits per heavy atom. The Hall–Kier alpha value is -2.04. The number of benzene rings is 1. The smallest absolute Gasteiger partial charge is 0.324 e. The van der Waals surface area contributed by atoms with Gasteiger partial charge in [0.05, 0.1) is 18.6 Å². The lowest BCUT2D eigenvalue weighted by Gasteiger charge is -2.27. The van der Waals surface area contributed by atoms with E-state index < -0.39 is 5.41 Å². The average molecular weight is 330 g/mol. The zero-order valence-corrected chi connectivity index (χ0v) is 14.7. The quantitative estimate of drug-likeness (QED) is 0.797. The Bertz CT molecular complexity index is 624. The van der Waals surface area contributed by atoms with Crippen LogP contribution >= 0.6 is 0 Å². The molecule has 0 unspecified atom stereocenters. The second-order valence-electron chi connectivity index (χ2n) is 7.45. The molecule has 3 rings (SSSR count). The van der Waals surface area contributed by atoms with Gasteiger partial charge in [0.15, 0.2) is 0 Å². The minimum atomic E-state index is -0.555. The fourth-order valence-electron chi connectivity index (χ4n) is 3.75. The van der Waals surface area contributed by atoms with Gasteiger partial charge in [-0.3, -0.25) is 9.69 Å². The summed E-state index contributed by atoms with van der Waals surface area (Å²) in [5, 5.41) is 0. The summed E-state index contributed by atoms with van der Waals surface area (Å²) in [5.74, 6) is -0.210. The van der Waals surface area contributed by atoms with Crippen LogP contribution in [0, 0.1) is 5.41 Å². The average Bonchev–Trinajstić information content (AvgIpc) is 2.92. The van der Waals surface area contributed by atoms with Gasteiger partial charge < -0.3 is 9.64 Å². The predicted molar refractivity (Wildman–Crippen MR) is 93.0 cm³/mol. The van der Waals surface area contributed by atoms with Crippen molar-refractivity contribution < 1.29 is 14.3 Å². The molecule has 1 atom stereocenters. The van der Waals surface area contributed by atoms with Crippen LogP contribution < -0.4 is 4.90 Å². The molecule has 2 amide bonds. The Balaban J connectivity index is 1.71. The van der Waals surface area contributed by atoms with Crippen LogP contribution in [-0.2, 0) is 16.0 Å². The van der Waals surface area contributed by atoms with Crippen molar-refractivity contribution in [1.29, 1.82) is 0 Å². The van der Waals surface area contributed by atoms with E-state index in [0.29, 0.717) is 12.5 Å². The van der Waals surface area contributed by atoms with Gasteiger partial charge in [-0.1, -0.05) is 12.1 Å². The Kier molecular flexibility index (Phi) is 4.52. The molecule has 0 radical (unpaired) electrons. The highest BCUT2D eigenvalue weighted by atomic mass is 16.5. The van der Waals surface area contributed by atoms with Crippen molar-refractivity contribution in [1.82, 2.24) is 4.90 Å². The molecule has 0 saturated carbocycles. The third-order valence-electron chi connectivity index (χ3n) is 5.13. The number of rotatable bonds is 4. The number of carbonyl (C=O) groups excluding carboxylic acids is 2. The highest BCUT2D eigenvalue weighted by Crippen LogP contribution is 2.30. The predicted octanol–water partition coefficient (Wildman–Crippen LogP) is 3.22. The number of amides is 2. The highest BCUT2D eigenvalue weighted by molar-refractivity contribution is 5.94. The van der Waals surface area contributed by atoms with Crippen LogP contribution in [0.4, 0.5) is 10.5 Å². The number of nitrogens with zero attached hydrogens (tertiary/aromatic N) is 2. The third-order valence-corrected chi connectivity index (χ3v) is 5.13. The topological polar surface area (TPSA) is 49.9 Å². The van der Waals surface area contributed by atoms with E-state index >= 15 is 0 Å².